The molecule has 0 amide bonds. The van der Waals surface area contributed by atoms with Crippen LogP contribution >= 0.6 is 0 Å². The van der Waals surface area contributed by atoms with Crippen molar-refractivity contribution in [3.05, 3.63) is 48.0 Å². The van der Waals surface area contributed by atoms with Crippen molar-refractivity contribution in [3.8, 4) is 0 Å². The van der Waals surface area contributed by atoms with E-state index in [-0.39, 0.29) is 0 Å². The van der Waals surface area contributed by atoms with Crippen molar-refractivity contribution in [3.63, 3.8) is 0 Å². The van der Waals surface area contributed by atoms with E-state index >= 15 is 0 Å². The molecule has 0 radical (unpaired) electrons. The average Bonchev–Trinajstić information content (AvgIpc) is 2.82. The molecule has 3 rings (SSSR count). The van der Waals surface area contributed by atoms with Gasteiger partial charge in [-0.25, -0.2) is 0 Å². The van der Waals surface area contributed by atoms with E-state index in [4.69, 9.17) is 0 Å². The third-order valence-corrected chi connectivity index (χ3v) is 4.30. The molecule has 0 saturated heterocycles. The fourth-order valence-corrected chi connectivity index (χ4v) is 3.14. The third kappa shape index (κ3) is 2.28. The maximum Gasteiger partial charge on any atom is 0.0214 e. The lowest BCUT2D eigenvalue weighted by Gasteiger charge is -2.18. The molecule has 1 aliphatic rings. The first-order valence-electron chi connectivity index (χ1n) is 7.04. The van der Waals surface area contributed by atoms with Gasteiger partial charge in [-0.1, -0.05) is 55.8 Å². The van der Waals surface area contributed by atoms with Gasteiger partial charge < -0.3 is 5.32 Å². The van der Waals surface area contributed by atoms with Crippen LogP contribution in [0, 0.1) is 5.92 Å². The van der Waals surface area contributed by atoms with Crippen LogP contribution in [0.25, 0.3) is 10.8 Å². The minimum Gasteiger partial charge on any atom is -0.310 e. The summed E-state index contributed by atoms with van der Waals surface area (Å²) < 4.78 is 0. The monoisotopic (exact) mass is 239 g/mol. The second kappa shape index (κ2) is 5.11. The van der Waals surface area contributed by atoms with Gasteiger partial charge in [0.25, 0.3) is 0 Å². The summed E-state index contributed by atoms with van der Waals surface area (Å²) in [5, 5.41) is 6.47. The number of benzene rings is 2. The highest BCUT2D eigenvalue weighted by molar-refractivity contribution is 5.85. The van der Waals surface area contributed by atoms with Crippen LogP contribution in [0.4, 0.5) is 0 Å². The molecule has 2 aromatic carbocycles. The second-order valence-electron chi connectivity index (χ2n) is 5.53. The predicted molar refractivity (Wildman–Crippen MR) is 77.6 cm³/mol. The fourth-order valence-electron chi connectivity index (χ4n) is 3.14. The third-order valence-electron chi connectivity index (χ3n) is 4.30. The van der Waals surface area contributed by atoms with E-state index in [1.165, 1.54) is 35.6 Å². The topological polar surface area (TPSA) is 12.0 Å². The van der Waals surface area contributed by atoms with Crippen LogP contribution in [-0.2, 0) is 6.54 Å². The van der Waals surface area contributed by atoms with Gasteiger partial charge in [-0.2, -0.15) is 0 Å². The molecule has 1 saturated carbocycles. The molecule has 18 heavy (non-hydrogen) atoms. The summed E-state index contributed by atoms with van der Waals surface area (Å²) in [6, 6.07) is 16.0. The Morgan fingerprint density at radius 1 is 1.06 bits per heavy atom. The molecule has 94 valence electrons. The molecule has 0 aliphatic heterocycles. The number of nitrogens with one attached hydrogen (secondary N) is 1. The Balaban J connectivity index is 1.78. The SMILES string of the molecule is CC1CCCC1NCc1cccc2ccccc12. The number of hydrogen-bond acceptors (Lipinski definition) is 1. The van der Waals surface area contributed by atoms with Crippen molar-refractivity contribution in [2.45, 2.75) is 38.8 Å². The Bertz CT molecular complexity index is 527. The summed E-state index contributed by atoms with van der Waals surface area (Å²) in [7, 11) is 0. The van der Waals surface area contributed by atoms with Crippen molar-refractivity contribution < 1.29 is 0 Å². The van der Waals surface area contributed by atoms with Crippen LogP contribution in [0.2, 0.25) is 0 Å². The lowest BCUT2D eigenvalue weighted by molar-refractivity contribution is 0.426. The molecule has 1 fully saturated rings. The van der Waals surface area contributed by atoms with Gasteiger partial charge in [-0.15, -0.1) is 0 Å². The van der Waals surface area contributed by atoms with Gasteiger partial charge in [-0.3, -0.25) is 0 Å². The van der Waals surface area contributed by atoms with Crippen molar-refractivity contribution in [2.24, 2.45) is 5.92 Å². The summed E-state index contributed by atoms with van der Waals surface area (Å²) in [6.45, 7) is 3.37. The summed E-state index contributed by atoms with van der Waals surface area (Å²) >= 11 is 0. The molecular formula is C17H21N. The first-order valence-corrected chi connectivity index (χ1v) is 7.04. The average molecular weight is 239 g/mol. The van der Waals surface area contributed by atoms with Crippen LogP contribution in [0.1, 0.15) is 31.7 Å². The fraction of sp³-hybridized carbons (Fsp3) is 0.412. The highest BCUT2D eigenvalue weighted by atomic mass is 14.9. The highest BCUT2D eigenvalue weighted by Crippen LogP contribution is 2.25. The molecule has 0 bridgehead atoms. The van der Waals surface area contributed by atoms with Crippen molar-refractivity contribution in [1.82, 2.24) is 5.32 Å². The normalized spacial score (nSPS) is 23.6. The lowest BCUT2D eigenvalue weighted by atomic mass is 10.0. The standard InChI is InChI=1S/C17H21N/c1-13-6-4-11-17(13)18-12-15-9-5-8-14-7-2-3-10-16(14)15/h2-3,5,7-10,13,17-18H,4,6,11-12H2,1H3. The van der Waals surface area contributed by atoms with Gasteiger partial charge in [0.2, 0.25) is 0 Å². The molecule has 1 aliphatic carbocycles. The van der Waals surface area contributed by atoms with E-state index in [0.717, 1.165) is 12.5 Å². The van der Waals surface area contributed by atoms with Crippen molar-refractivity contribution >= 4 is 10.8 Å². The predicted octanol–water partition coefficient (Wildman–Crippen LogP) is 4.12. The minimum absolute atomic E-state index is 0.712. The summed E-state index contributed by atoms with van der Waals surface area (Å²) in [5.74, 6) is 0.833. The Labute approximate surface area is 109 Å². The first-order chi connectivity index (χ1) is 8.84. The second-order valence-corrected chi connectivity index (χ2v) is 5.53. The Hall–Kier alpha value is -1.34. The molecule has 1 heteroatoms. The highest BCUT2D eigenvalue weighted by Gasteiger charge is 2.22. The number of fused-ring (bicyclic) bond motifs is 1. The van der Waals surface area contributed by atoms with Gasteiger partial charge in [0.05, 0.1) is 0 Å². The Morgan fingerprint density at radius 2 is 1.89 bits per heavy atom. The van der Waals surface area contributed by atoms with Gasteiger partial charge in [0.15, 0.2) is 0 Å². The van der Waals surface area contributed by atoms with Crippen molar-refractivity contribution in [1.29, 1.82) is 0 Å². The molecule has 2 atom stereocenters. The zero-order valence-electron chi connectivity index (χ0n) is 11.0. The van der Waals surface area contributed by atoms with Crippen LogP contribution < -0.4 is 5.32 Å². The molecule has 1 nitrogen and oxygen atoms in total. The van der Waals surface area contributed by atoms with Crippen LogP contribution in [0.3, 0.4) is 0 Å². The maximum absolute atomic E-state index is 3.74. The number of rotatable bonds is 3. The van der Waals surface area contributed by atoms with Crippen LogP contribution in [0.5, 0.6) is 0 Å². The van der Waals surface area contributed by atoms with E-state index in [2.05, 4.69) is 54.7 Å². The molecule has 1 N–H and O–H groups in total. The Morgan fingerprint density at radius 3 is 2.72 bits per heavy atom. The molecule has 2 aromatic rings. The van der Waals surface area contributed by atoms with E-state index < -0.39 is 0 Å². The smallest absolute Gasteiger partial charge is 0.0214 e. The molecule has 0 heterocycles. The molecule has 2 unspecified atom stereocenters. The zero-order chi connectivity index (χ0) is 12.4. The summed E-state index contributed by atoms with van der Waals surface area (Å²) in [6.07, 6.45) is 4.10. The lowest BCUT2D eigenvalue weighted by Crippen LogP contribution is -2.30. The molecular weight excluding hydrogens is 218 g/mol. The van der Waals surface area contributed by atoms with E-state index in [9.17, 15) is 0 Å². The largest absolute Gasteiger partial charge is 0.310 e. The Kier molecular flexibility index (Phi) is 3.33. The van der Waals surface area contributed by atoms with Gasteiger partial charge in [-0.05, 0) is 35.1 Å². The first kappa shape index (κ1) is 11.7. The van der Waals surface area contributed by atoms with E-state index in [1.807, 2.05) is 0 Å². The van der Waals surface area contributed by atoms with Crippen LogP contribution in [0.15, 0.2) is 42.5 Å². The minimum atomic E-state index is 0.712. The molecule has 0 spiro atoms. The van der Waals surface area contributed by atoms with E-state index in [0.29, 0.717) is 6.04 Å². The van der Waals surface area contributed by atoms with Gasteiger partial charge in [0.1, 0.15) is 0 Å². The van der Waals surface area contributed by atoms with Gasteiger partial charge in [0, 0.05) is 12.6 Å². The summed E-state index contributed by atoms with van der Waals surface area (Å²) in [4.78, 5) is 0. The summed E-state index contributed by atoms with van der Waals surface area (Å²) in [5.41, 5.74) is 1.42. The number of hydrogen-bond donors (Lipinski definition) is 1. The van der Waals surface area contributed by atoms with Gasteiger partial charge >= 0.3 is 0 Å². The maximum atomic E-state index is 3.74. The van der Waals surface area contributed by atoms with E-state index in [1.54, 1.807) is 0 Å². The molecule has 0 aromatic heterocycles. The van der Waals surface area contributed by atoms with Crippen LogP contribution in [-0.4, -0.2) is 6.04 Å². The zero-order valence-corrected chi connectivity index (χ0v) is 11.0. The van der Waals surface area contributed by atoms with Crippen molar-refractivity contribution in [2.75, 3.05) is 0 Å². The quantitative estimate of drug-likeness (QED) is 0.849.